The van der Waals surface area contributed by atoms with Crippen LogP contribution in [0.4, 0.5) is 0 Å². The number of rotatable bonds is 5. The molecule has 0 aliphatic heterocycles. The molecule has 0 radical (unpaired) electrons. The molecule has 18 heavy (non-hydrogen) atoms. The number of ether oxygens (including phenoxy) is 1. The van der Waals surface area contributed by atoms with Gasteiger partial charge in [-0.1, -0.05) is 35.4 Å². The van der Waals surface area contributed by atoms with Gasteiger partial charge in [0.2, 0.25) is 5.91 Å². The van der Waals surface area contributed by atoms with Crippen molar-refractivity contribution in [2.24, 2.45) is 5.11 Å². The Morgan fingerprint density at radius 1 is 1.44 bits per heavy atom. The monoisotopic (exact) mass is 248 g/mol. The standard InChI is InChI=1S/C11H12N4O3/c1-18-11(17)10(8-5-3-2-4-6-8)14-9(16)7-13-15-12/h2-6,10H,7H2,1H3,(H,14,16)/t10-/m0/s1. The Bertz CT molecular complexity index is 468. The number of nitrogens with zero attached hydrogens (tertiary/aromatic N) is 3. The summed E-state index contributed by atoms with van der Waals surface area (Å²) in [6, 6.07) is 7.75. The minimum atomic E-state index is -0.905. The summed E-state index contributed by atoms with van der Waals surface area (Å²) < 4.78 is 4.62. The van der Waals surface area contributed by atoms with E-state index in [1.165, 1.54) is 7.11 Å². The van der Waals surface area contributed by atoms with Crippen LogP contribution in [0.2, 0.25) is 0 Å². The SMILES string of the molecule is COC(=O)[C@@H](NC(=O)CN=[N+]=[N-])c1ccccc1. The van der Waals surface area contributed by atoms with E-state index in [9.17, 15) is 9.59 Å². The fourth-order valence-electron chi connectivity index (χ4n) is 1.34. The highest BCUT2D eigenvalue weighted by atomic mass is 16.5. The maximum Gasteiger partial charge on any atom is 0.333 e. The summed E-state index contributed by atoms with van der Waals surface area (Å²) >= 11 is 0. The van der Waals surface area contributed by atoms with Crippen LogP contribution in [-0.2, 0) is 14.3 Å². The van der Waals surface area contributed by atoms with Crippen molar-refractivity contribution in [3.05, 3.63) is 46.3 Å². The second-order valence-corrected chi connectivity index (χ2v) is 3.32. The normalized spacial score (nSPS) is 10.9. The van der Waals surface area contributed by atoms with Crippen LogP contribution >= 0.6 is 0 Å². The third kappa shape index (κ3) is 3.80. The van der Waals surface area contributed by atoms with Gasteiger partial charge in [-0.25, -0.2) is 4.79 Å². The molecular formula is C11H12N4O3. The van der Waals surface area contributed by atoms with Crippen molar-refractivity contribution < 1.29 is 14.3 Å². The summed E-state index contributed by atoms with van der Waals surface area (Å²) in [6.45, 7) is -0.364. The number of benzene rings is 1. The van der Waals surface area contributed by atoms with Crippen LogP contribution < -0.4 is 5.32 Å². The quantitative estimate of drug-likeness (QED) is 0.367. The lowest BCUT2D eigenvalue weighted by Gasteiger charge is -2.16. The van der Waals surface area contributed by atoms with E-state index in [2.05, 4.69) is 20.1 Å². The molecule has 0 aliphatic rings. The highest BCUT2D eigenvalue weighted by Gasteiger charge is 2.22. The molecule has 1 aromatic rings. The Labute approximate surface area is 103 Å². The van der Waals surface area contributed by atoms with Crippen LogP contribution in [0.3, 0.4) is 0 Å². The number of esters is 1. The van der Waals surface area contributed by atoms with E-state index >= 15 is 0 Å². The zero-order chi connectivity index (χ0) is 13.4. The number of methoxy groups -OCH3 is 1. The van der Waals surface area contributed by atoms with Gasteiger partial charge in [-0.3, -0.25) is 4.79 Å². The molecule has 1 amide bonds. The molecule has 0 bridgehead atoms. The van der Waals surface area contributed by atoms with Crippen molar-refractivity contribution in [2.45, 2.75) is 6.04 Å². The smallest absolute Gasteiger partial charge is 0.333 e. The molecule has 0 unspecified atom stereocenters. The van der Waals surface area contributed by atoms with E-state index in [-0.39, 0.29) is 6.54 Å². The molecule has 0 aliphatic carbocycles. The first-order chi connectivity index (χ1) is 8.69. The second kappa shape index (κ2) is 6.93. The fraction of sp³-hybridized carbons (Fsp3) is 0.273. The third-order valence-corrected chi connectivity index (χ3v) is 2.15. The van der Waals surface area contributed by atoms with Gasteiger partial charge in [-0.15, -0.1) is 0 Å². The minimum absolute atomic E-state index is 0.364. The zero-order valence-corrected chi connectivity index (χ0v) is 9.74. The molecular weight excluding hydrogens is 236 g/mol. The Morgan fingerprint density at radius 3 is 2.67 bits per heavy atom. The highest BCUT2D eigenvalue weighted by molar-refractivity contribution is 5.86. The molecule has 0 spiro atoms. The van der Waals surface area contributed by atoms with Crippen LogP contribution in [-0.4, -0.2) is 25.5 Å². The van der Waals surface area contributed by atoms with E-state index in [0.29, 0.717) is 5.56 Å². The molecule has 7 heteroatoms. The summed E-state index contributed by atoms with van der Waals surface area (Å²) in [7, 11) is 1.23. The molecule has 7 nitrogen and oxygen atoms in total. The molecule has 1 atom stereocenters. The van der Waals surface area contributed by atoms with Gasteiger partial charge in [-0.2, -0.15) is 0 Å². The lowest BCUT2D eigenvalue weighted by atomic mass is 10.1. The Balaban J connectivity index is 2.83. The predicted molar refractivity (Wildman–Crippen MR) is 63.4 cm³/mol. The van der Waals surface area contributed by atoms with Crippen molar-refractivity contribution in [1.29, 1.82) is 0 Å². The van der Waals surface area contributed by atoms with Gasteiger partial charge in [0.25, 0.3) is 0 Å². The molecule has 0 saturated carbocycles. The number of hydrogen-bond acceptors (Lipinski definition) is 4. The number of amides is 1. The largest absolute Gasteiger partial charge is 0.467 e. The molecule has 0 heterocycles. The Hall–Kier alpha value is -2.53. The molecule has 1 aromatic carbocycles. The van der Waals surface area contributed by atoms with Crippen LogP contribution in [0.15, 0.2) is 35.4 Å². The van der Waals surface area contributed by atoms with Gasteiger partial charge in [0.1, 0.15) is 6.54 Å². The molecule has 1 N–H and O–H groups in total. The summed E-state index contributed by atoms with van der Waals surface area (Å²) in [4.78, 5) is 25.5. The van der Waals surface area contributed by atoms with Crippen molar-refractivity contribution in [3.63, 3.8) is 0 Å². The van der Waals surface area contributed by atoms with Gasteiger partial charge < -0.3 is 10.1 Å². The molecule has 0 aromatic heterocycles. The van der Waals surface area contributed by atoms with Crippen LogP contribution in [0, 0.1) is 0 Å². The molecule has 0 saturated heterocycles. The van der Waals surface area contributed by atoms with E-state index in [1.54, 1.807) is 30.3 Å². The summed E-state index contributed by atoms with van der Waals surface area (Å²) in [5.74, 6) is -1.14. The number of carbonyl (C=O) groups is 2. The topological polar surface area (TPSA) is 104 Å². The number of azide groups is 1. The minimum Gasteiger partial charge on any atom is -0.467 e. The lowest BCUT2D eigenvalue weighted by Crippen LogP contribution is -2.35. The first-order valence-corrected chi connectivity index (χ1v) is 5.12. The maximum absolute atomic E-state index is 11.6. The second-order valence-electron chi connectivity index (χ2n) is 3.32. The van der Waals surface area contributed by atoms with E-state index < -0.39 is 17.9 Å². The zero-order valence-electron chi connectivity index (χ0n) is 9.74. The Kier molecular flexibility index (Phi) is 5.21. The van der Waals surface area contributed by atoms with E-state index in [1.807, 2.05) is 0 Å². The summed E-state index contributed by atoms with van der Waals surface area (Å²) in [5.41, 5.74) is 8.70. The lowest BCUT2D eigenvalue weighted by molar-refractivity contribution is -0.145. The first-order valence-electron chi connectivity index (χ1n) is 5.12. The predicted octanol–water partition coefficient (Wildman–Crippen LogP) is 1.33. The molecule has 1 rings (SSSR count). The van der Waals surface area contributed by atoms with Crippen molar-refractivity contribution >= 4 is 11.9 Å². The molecule has 94 valence electrons. The highest BCUT2D eigenvalue weighted by Crippen LogP contribution is 2.13. The van der Waals surface area contributed by atoms with Crippen LogP contribution in [0.25, 0.3) is 10.4 Å². The van der Waals surface area contributed by atoms with E-state index in [4.69, 9.17) is 5.53 Å². The van der Waals surface area contributed by atoms with Gasteiger partial charge >= 0.3 is 5.97 Å². The average molecular weight is 248 g/mol. The fourth-order valence-corrected chi connectivity index (χ4v) is 1.34. The van der Waals surface area contributed by atoms with Gasteiger partial charge in [-0.05, 0) is 11.1 Å². The van der Waals surface area contributed by atoms with Gasteiger partial charge in [0.05, 0.1) is 7.11 Å². The maximum atomic E-state index is 11.6. The third-order valence-electron chi connectivity index (χ3n) is 2.15. The van der Waals surface area contributed by atoms with E-state index in [0.717, 1.165) is 0 Å². The average Bonchev–Trinajstić information content (AvgIpc) is 2.42. The molecule has 0 fully saturated rings. The number of nitrogens with one attached hydrogen (secondary N) is 1. The number of hydrogen-bond donors (Lipinski definition) is 1. The summed E-state index contributed by atoms with van der Waals surface area (Å²) in [5, 5.41) is 5.56. The van der Waals surface area contributed by atoms with Crippen LogP contribution in [0.1, 0.15) is 11.6 Å². The van der Waals surface area contributed by atoms with Gasteiger partial charge in [0.15, 0.2) is 6.04 Å². The summed E-state index contributed by atoms with van der Waals surface area (Å²) in [6.07, 6.45) is 0. The van der Waals surface area contributed by atoms with Crippen LogP contribution in [0.5, 0.6) is 0 Å². The first kappa shape index (κ1) is 13.5. The van der Waals surface area contributed by atoms with Crippen molar-refractivity contribution in [2.75, 3.05) is 13.7 Å². The Morgan fingerprint density at radius 2 is 2.11 bits per heavy atom. The van der Waals surface area contributed by atoms with Gasteiger partial charge in [0, 0.05) is 4.91 Å². The van der Waals surface area contributed by atoms with Crippen molar-refractivity contribution in [3.8, 4) is 0 Å². The number of carbonyl (C=O) groups excluding carboxylic acids is 2. The van der Waals surface area contributed by atoms with Crippen molar-refractivity contribution in [1.82, 2.24) is 5.32 Å².